The molecule has 0 heterocycles. The number of nitrogens with one attached hydrogen (secondary N) is 1. The van der Waals surface area contributed by atoms with E-state index in [0.717, 1.165) is 16.8 Å². The fourth-order valence-corrected chi connectivity index (χ4v) is 3.56. The van der Waals surface area contributed by atoms with Crippen molar-refractivity contribution in [3.63, 3.8) is 0 Å². The summed E-state index contributed by atoms with van der Waals surface area (Å²) >= 11 is 0. The zero-order valence-electron chi connectivity index (χ0n) is 13.6. The van der Waals surface area contributed by atoms with Crippen LogP contribution in [0.2, 0.25) is 0 Å². The standard InChI is InChI=1S/C18H15F2NO4S/c1-24-16-9-7-14(11-17(16)25-18(19)20)21-26(22,23)15-8-6-12-4-2-3-5-13(12)10-15/h2-11,18,21H,1H3. The van der Waals surface area contributed by atoms with Crippen LogP contribution < -0.4 is 14.2 Å². The van der Waals surface area contributed by atoms with E-state index in [2.05, 4.69) is 9.46 Å². The van der Waals surface area contributed by atoms with Crippen LogP contribution in [0.15, 0.2) is 65.6 Å². The molecule has 136 valence electrons. The van der Waals surface area contributed by atoms with E-state index in [1.165, 1.54) is 31.4 Å². The Bertz CT molecular complexity index is 1040. The Morgan fingerprint density at radius 1 is 0.923 bits per heavy atom. The molecule has 0 amide bonds. The molecule has 3 rings (SSSR count). The fraction of sp³-hybridized carbons (Fsp3) is 0.111. The number of halogens is 2. The SMILES string of the molecule is COc1ccc(NS(=O)(=O)c2ccc3ccccc3c2)cc1OC(F)F. The van der Waals surface area contributed by atoms with Crippen LogP contribution in [-0.2, 0) is 10.0 Å². The summed E-state index contributed by atoms with van der Waals surface area (Å²) in [5.74, 6) is -0.194. The summed E-state index contributed by atoms with van der Waals surface area (Å²) in [6.07, 6.45) is 0. The van der Waals surface area contributed by atoms with Gasteiger partial charge in [0, 0.05) is 6.07 Å². The monoisotopic (exact) mass is 379 g/mol. The number of methoxy groups -OCH3 is 1. The van der Waals surface area contributed by atoms with Gasteiger partial charge in [-0.3, -0.25) is 4.72 Å². The number of hydrogen-bond donors (Lipinski definition) is 1. The highest BCUT2D eigenvalue weighted by Crippen LogP contribution is 2.32. The Morgan fingerprint density at radius 3 is 2.35 bits per heavy atom. The summed E-state index contributed by atoms with van der Waals surface area (Å²) in [6, 6.07) is 15.9. The van der Waals surface area contributed by atoms with Gasteiger partial charge in [0.15, 0.2) is 11.5 Å². The number of fused-ring (bicyclic) bond motifs is 1. The number of anilines is 1. The van der Waals surface area contributed by atoms with Crippen molar-refractivity contribution in [3.8, 4) is 11.5 Å². The van der Waals surface area contributed by atoms with E-state index in [1.807, 2.05) is 18.2 Å². The van der Waals surface area contributed by atoms with Gasteiger partial charge in [-0.25, -0.2) is 8.42 Å². The lowest BCUT2D eigenvalue weighted by atomic mass is 10.1. The maximum atomic E-state index is 12.6. The first kappa shape index (κ1) is 17.9. The minimum absolute atomic E-state index is 0.0587. The quantitative estimate of drug-likeness (QED) is 0.695. The van der Waals surface area contributed by atoms with Gasteiger partial charge in [-0.05, 0) is 35.0 Å². The third-order valence-electron chi connectivity index (χ3n) is 3.66. The van der Waals surface area contributed by atoms with Gasteiger partial charge < -0.3 is 9.47 Å². The lowest BCUT2D eigenvalue weighted by Crippen LogP contribution is -2.13. The maximum absolute atomic E-state index is 12.6. The van der Waals surface area contributed by atoms with Gasteiger partial charge in [-0.15, -0.1) is 0 Å². The van der Waals surface area contributed by atoms with Crippen molar-refractivity contribution < 1.29 is 26.7 Å². The molecule has 3 aromatic carbocycles. The molecule has 0 radical (unpaired) electrons. The van der Waals surface area contributed by atoms with Gasteiger partial charge >= 0.3 is 6.61 Å². The average molecular weight is 379 g/mol. The predicted octanol–water partition coefficient (Wildman–Crippen LogP) is 4.25. The highest BCUT2D eigenvalue weighted by molar-refractivity contribution is 7.92. The molecular formula is C18H15F2NO4S. The van der Waals surface area contributed by atoms with Crippen molar-refractivity contribution in [3.05, 3.63) is 60.7 Å². The van der Waals surface area contributed by atoms with Crippen LogP contribution in [0, 0.1) is 0 Å². The average Bonchev–Trinajstić information content (AvgIpc) is 2.61. The molecule has 0 unspecified atom stereocenters. The van der Waals surface area contributed by atoms with Crippen molar-refractivity contribution in [2.24, 2.45) is 0 Å². The maximum Gasteiger partial charge on any atom is 0.387 e. The Labute approximate surface area is 149 Å². The Morgan fingerprint density at radius 2 is 1.65 bits per heavy atom. The smallest absolute Gasteiger partial charge is 0.387 e. The fourth-order valence-electron chi connectivity index (χ4n) is 2.48. The van der Waals surface area contributed by atoms with Crippen LogP contribution in [0.3, 0.4) is 0 Å². The first-order valence-electron chi connectivity index (χ1n) is 7.53. The molecule has 5 nitrogen and oxygen atoms in total. The van der Waals surface area contributed by atoms with Gasteiger partial charge in [0.05, 0.1) is 17.7 Å². The molecule has 26 heavy (non-hydrogen) atoms. The number of sulfonamides is 1. The van der Waals surface area contributed by atoms with E-state index in [1.54, 1.807) is 12.1 Å². The van der Waals surface area contributed by atoms with Gasteiger partial charge in [-0.2, -0.15) is 8.78 Å². The van der Waals surface area contributed by atoms with Gasteiger partial charge in [0.1, 0.15) is 0 Å². The zero-order chi connectivity index (χ0) is 18.7. The van der Waals surface area contributed by atoms with Gasteiger partial charge in [0.25, 0.3) is 10.0 Å². The molecule has 0 aromatic heterocycles. The lowest BCUT2D eigenvalue weighted by molar-refractivity contribution is -0.0511. The summed E-state index contributed by atoms with van der Waals surface area (Å²) in [5, 5.41) is 1.68. The largest absolute Gasteiger partial charge is 0.493 e. The lowest BCUT2D eigenvalue weighted by Gasteiger charge is -2.13. The van der Waals surface area contributed by atoms with E-state index in [-0.39, 0.29) is 22.1 Å². The van der Waals surface area contributed by atoms with Crippen LogP contribution in [0.5, 0.6) is 11.5 Å². The Balaban J connectivity index is 1.93. The highest BCUT2D eigenvalue weighted by Gasteiger charge is 2.17. The second-order valence-electron chi connectivity index (χ2n) is 5.36. The van der Waals surface area contributed by atoms with E-state index in [9.17, 15) is 17.2 Å². The summed E-state index contributed by atoms with van der Waals surface area (Å²) in [5.41, 5.74) is 0.0783. The van der Waals surface area contributed by atoms with Crippen molar-refractivity contribution in [2.45, 2.75) is 11.5 Å². The number of benzene rings is 3. The second kappa shape index (κ2) is 7.17. The molecule has 0 fully saturated rings. The molecule has 0 atom stereocenters. The van der Waals surface area contributed by atoms with Crippen molar-refractivity contribution in [1.29, 1.82) is 0 Å². The third-order valence-corrected chi connectivity index (χ3v) is 5.04. The first-order chi connectivity index (χ1) is 12.4. The molecule has 0 aliphatic rings. The summed E-state index contributed by atoms with van der Waals surface area (Å²) < 4.78 is 61.9. The summed E-state index contributed by atoms with van der Waals surface area (Å²) in [7, 11) is -2.61. The van der Waals surface area contributed by atoms with Crippen LogP contribution in [0.1, 0.15) is 0 Å². The molecule has 0 bridgehead atoms. The van der Waals surface area contributed by atoms with E-state index >= 15 is 0 Å². The molecule has 0 spiro atoms. The summed E-state index contributed by atoms with van der Waals surface area (Å²) in [4.78, 5) is 0.0587. The minimum atomic E-state index is -3.90. The summed E-state index contributed by atoms with van der Waals surface area (Å²) in [6.45, 7) is -3.06. The number of hydrogen-bond acceptors (Lipinski definition) is 4. The number of alkyl halides is 2. The topological polar surface area (TPSA) is 64.6 Å². The van der Waals surface area contributed by atoms with Gasteiger partial charge in [0.2, 0.25) is 0 Å². The second-order valence-corrected chi connectivity index (χ2v) is 7.04. The van der Waals surface area contributed by atoms with Crippen molar-refractivity contribution in [1.82, 2.24) is 0 Å². The predicted molar refractivity (Wildman–Crippen MR) is 94.4 cm³/mol. The first-order valence-corrected chi connectivity index (χ1v) is 9.02. The minimum Gasteiger partial charge on any atom is -0.493 e. The number of ether oxygens (including phenoxy) is 2. The molecule has 0 saturated heterocycles. The molecular weight excluding hydrogens is 364 g/mol. The molecule has 0 aliphatic heterocycles. The Hall–Kier alpha value is -2.87. The van der Waals surface area contributed by atoms with Crippen LogP contribution >= 0.6 is 0 Å². The van der Waals surface area contributed by atoms with E-state index in [0.29, 0.717) is 0 Å². The van der Waals surface area contributed by atoms with Crippen LogP contribution in [-0.4, -0.2) is 22.1 Å². The van der Waals surface area contributed by atoms with E-state index < -0.39 is 16.6 Å². The molecule has 8 heteroatoms. The van der Waals surface area contributed by atoms with Crippen molar-refractivity contribution >= 4 is 26.5 Å². The van der Waals surface area contributed by atoms with Crippen molar-refractivity contribution in [2.75, 3.05) is 11.8 Å². The van der Waals surface area contributed by atoms with Gasteiger partial charge in [-0.1, -0.05) is 30.3 Å². The third kappa shape index (κ3) is 3.85. The molecule has 0 aliphatic carbocycles. The molecule has 0 saturated carbocycles. The number of rotatable bonds is 6. The highest BCUT2D eigenvalue weighted by atomic mass is 32.2. The van der Waals surface area contributed by atoms with Crippen LogP contribution in [0.25, 0.3) is 10.8 Å². The Kier molecular flexibility index (Phi) is 4.94. The zero-order valence-corrected chi connectivity index (χ0v) is 14.5. The molecule has 3 aromatic rings. The van der Waals surface area contributed by atoms with Crippen LogP contribution in [0.4, 0.5) is 14.5 Å². The normalized spacial score (nSPS) is 11.5. The molecule has 1 N–H and O–H groups in total. The van der Waals surface area contributed by atoms with E-state index in [4.69, 9.17) is 4.74 Å².